The first-order valence-electron chi connectivity index (χ1n) is 7.05. The third-order valence-corrected chi connectivity index (χ3v) is 4.68. The number of nitrogen functional groups attached to an aromatic ring is 1. The second-order valence-corrected chi connectivity index (χ2v) is 6.43. The third-order valence-electron chi connectivity index (χ3n) is 3.28. The van der Waals surface area contributed by atoms with Crippen LogP contribution >= 0.6 is 0 Å². The zero-order chi connectivity index (χ0) is 16.2. The molecule has 0 atom stereocenters. The van der Waals surface area contributed by atoms with Gasteiger partial charge in [-0.05, 0) is 50.2 Å². The molecule has 2 rings (SSSR count). The summed E-state index contributed by atoms with van der Waals surface area (Å²) in [7, 11) is -3.63. The average Bonchev–Trinajstić information content (AvgIpc) is 2.50. The fourth-order valence-corrected chi connectivity index (χ4v) is 3.09. The Labute approximate surface area is 131 Å². The van der Waals surface area contributed by atoms with E-state index in [1.165, 1.54) is 18.3 Å². The van der Waals surface area contributed by atoms with Crippen LogP contribution in [0, 0.1) is 0 Å². The Morgan fingerprint density at radius 2 is 1.73 bits per heavy atom. The maximum atomic E-state index is 12.3. The number of aromatic nitrogens is 1. The third kappa shape index (κ3) is 3.67. The quantitative estimate of drug-likeness (QED) is 0.797. The largest absolute Gasteiger partial charge is 0.399 e. The van der Waals surface area contributed by atoms with Gasteiger partial charge in [0, 0.05) is 18.8 Å². The number of nitrogens with two attached hydrogens (primary N) is 1. The smallest absolute Gasteiger partial charge is 0.261 e. The molecule has 1 aromatic carbocycles. The van der Waals surface area contributed by atoms with Crippen molar-refractivity contribution in [2.24, 2.45) is 0 Å². The minimum atomic E-state index is -3.63. The molecule has 2 aromatic rings. The van der Waals surface area contributed by atoms with Crippen molar-refractivity contribution in [1.29, 1.82) is 0 Å². The summed E-state index contributed by atoms with van der Waals surface area (Å²) >= 11 is 0. The highest BCUT2D eigenvalue weighted by Gasteiger charge is 2.14. The van der Waals surface area contributed by atoms with Crippen molar-refractivity contribution in [3.8, 4) is 0 Å². The van der Waals surface area contributed by atoms with E-state index in [0.29, 0.717) is 11.4 Å². The molecule has 0 aliphatic carbocycles. The maximum Gasteiger partial charge on any atom is 0.261 e. The molecule has 1 aromatic heterocycles. The highest BCUT2D eigenvalue weighted by atomic mass is 32.2. The summed E-state index contributed by atoms with van der Waals surface area (Å²) in [6, 6.07) is 9.54. The van der Waals surface area contributed by atoms with Crippen molar-refractivity contribution in [1.82, 2.24) is 4.98 Å². The van der Waals surface area contributed by atoms with Crippen molar-refractivity contribution >= 4 is 27.2 Å². The van der Waals surface area contributed by atoms with Crippen LogP contribution in [0.5, 0.6) is 0 Å². The molecular formula is C15H20N4O2S. The number of hydrogen-bond donors (Lipinski definition) is 2. The Hall–Kier alpha value is -2.28. The molecule has 0 saturated heterocycles. The van der Waals surface area contributed by atoms with Gasteiger partial charge in [-0.1, -0.05) is 0 Å². The summed E-state index contributed by atoms with van der Waals surface area (Å²) in [5.41, 5.74) is 6.51. The van der Waals surface area contributed by atoms with Crippen LogP contribution in [-0.2, 0) is 10.0 Å². The number of pyridine rings is 1. The lowest BCUT2D eigenvalue weighted by Gasteiger charge is -2.19. The number of hydrogen-bond acceptors (Lipinski definition) is 5. The molecule has 118 valence electrons. The second-order valence-electron chi connectivity index (χ2n) is 4.75. The van der Waals surface area contributed by atoms with E-state index in [1.54, 1.807) is 24.3 Å². The number of nitrogens with one attached hydrogen (secondary N) is 1. The van der Waals surface area contributed by atoms with Crippen LogP contribution in [0.2, 0.25) is 0 Å². The molecular weight excluding hydrogens is 300 g/mol. The Kier molecular flexibility index (Phi) is 4.87. The fraction of sp³-hybridized carbons (Fsp3) is 0.267. The minimum Gasteiger partial charge on any atom is -0.399 e. The van der Waals surface area contributed by atoms with Gasteiger partial charge in [0.1, 0.15) is 5.82 Å². The Morgan fingerprint density at radius 3 is 2.23 bits per heavy atom. The fourth-order valence-electron chi connectivity index (χ4n) is 2.04. The van der Waals surface area contributed by atoms with Crippen LogP contribution < -0.4 is 15.4 Å². The van der Waals surface area contributed by atoms with Crippen molar-refractivity contribution in [2.75, 3.05) is 28.4 Å². The molecule has 1 heterocycles. The normalized spacial score (nSPS) is 11.2. The lowest BCUT2D eigenvalue weighted by Crippen LogP contribution is -2.22. The minimum absolute atomic E-state index is 0.162. The van der Waals surface area contributed by atoms with Crippen LogP contribution in [0.3, 0.4) is 0 Å². The van der Waals surface area contributed by atoms with E-state index in [-0.39, 0.29) is 4.90 Å². The first-order chi connectivity index (χ1) is 10.5. The first kappa shape index (κ1) is 16.1. The number of nitrogens with zero attached hydrogens (tertiary/aromatic N) is 2. The van der Waals surface area contributed by atoms with Crippen molar-refractivity contribution < 1.29 is 8.42 Å². The number of sulfonamides is 1. The highest BCUT2D eigenvalue weighted by Crippen LogP contribution is 2.18. The molecule has 0 unspecified atom stereocenters. The van der Waals surface area contributed by atoms with Gasteiger partial charge in [0.15, 0.2) is 0 Å². The Bertz CT molecular complexity index is 708. The molecule has 0 aliphatic rings. The van der Waals surface area contributed by atoms with Crippen molar-refractivity contribution in [3.63, 3.8) is 0 Å². The molecule has 22 heavy (non-hydrogen) atoms. The Balaban J connectivity index is 2.18. The van der Waals surface area contributed by atoms with Gasteiger partial charge in [0.2, 0.25) is 0 Å². The van der Waals surface area contributed by atoms with Crippen LogP contribution in [0.1, 0.15) is 13.8 Å². The molecule has 0 radical (unpaired) electrons. The molecule has 0 saturated carbocycles. The van der Waals surface area contributed by atoms with Gasteiger partial charge in [0.25, 0.3) is 10.0 Å². The summed E-state index contributed by atoms with van der Waals surface area (Å²) in [4.78, 5) is 6.53. The van der Waals surface area contributed by atoms with Gasteiger partial charge in [0.05, 0.1) is 16.8 Å². The predicted octanol–water partition coefficient (Wildman–Crippen LogP) is 2.31. The topological polar surface area (TPSA) is 88.3 Å². The van der Waals surface area contributed by atoms with Gasteiger partial charge in [-0.15, -0.1) is 0 Å². The van der Waals surface area contributed by atoms with Crippen molar-refractivity contribution in [2.45, 2.75) is 18.7 Å². The van der Waals surface area contributed by atoms with E-state index in [0.717, 1.165) is 18.9 Å². The second kappa shape index (κ2) is 6.65. The molecule has 0 spiro atoms. The number of rotatable bonds is 6. The summed E-state index contributed by atoms with van der Waals surface area (Å²) in [6.45, 7) is 5.78. The summed E-state index contributed by atoms with van der Waals surface area (Å²) < 4.78 is 27.0. The number of anilines is 3. The molecule has 0 aliphatic heterocycles. The summed E-state index contributed by atoms with van der Waals surface area (Å²) in [5.74, 6) is 0.820. The predicted molar refractivity (Wildman–Crippen MR) is 89.5 cm³/mol. The first-order valence-corrected chi connectivity index (χ1v) is 8.54. The average molecular weight is 320 g/mol. The standard InChI is InChI=1S/C15H20N4O2S/c1-3-19(4-2)15-10-7-13(11-17-15)18-22(20,21)14-8-5-12(16)6-9-14/h5-11,18H,3-4,16H2,1-2H3. The van der Waals surface area contributed by atoms with E-state index in [4.69, 9.17) is 5.73 Å². The van der Waals surface area contributed by atoms with E-state index in [1.807, 2.05) is 13.8 Å². The molecule has 0 fully saturated rings. The van der Waals surface area contributed by atoms with Gasteiger partial charge in [-0.3, -0.25) is 4.72 Å². The van der Waals surface area contributed by atoms with E-state index >= 15 is 0 Å². The number of benzene rings is 1. The van der Waals surface area contributed by atoms with Gasteiger partial charge in [-0.2, -0.15) is 0 Å². The van der Waals surface area contributed by atoms with E-state index in [9.17, 15) is 8.42 Å². The van der Waals surface area contributed by atoms with E-state index < -0.39 is 10.0 Å². The van der Waals surface area contributed by atoms with Crippen LogP contribution in [0.15, 0.2) is 47.5 Å². The Morgan fingerprint density at radius 1 is 1.09 bits per heavy atom. The monoisotopic (exact) mass is 320 g/mol. The summed E-state index contributed by atoms with van der Waals surface area (Å²) in [6.07, 6.45) is 1.52. The highest BCUT2D eigenvalue weighted by molar-refractivity contribution is 7.92. The summed E-state index contributed by atoms with van der Waals surface area (Å²) in [5, 5.41) is 0. The zero-order valence-electron chi connectivity index (χ0n) is 12.7. The van der Waals surface area contributed by atoms with Crippen molar-refractivity contribution in [3.05, 3.63) is 42.6 Å². The lowest BCUT2D eigenvalue weighted by molar-refractivity contribution is 0.601. The molecule has 0 bridgehead atoms. The SMILES string of the molecule is CCN(CC)c1ccc(NS(=O)(=O)c2ccc(N)cc2)cn1. The molecule has 0 amide bonds. The van der Waals surface area contributed by atoms with Crippen LogP contribution in [0.4, 0.5) is 17.2 Å². The molecule has 3 N–H and O–H groups in total. The van der Waals surface area contributed by atoms with E-state index in [2.05, 4.69) is 14.6 Å². The molecule has 7 heteroatoms. The van der Waals surface area contributed by atoms with Gasteiger partial charge in [-0.25, -0.2) is 13.4 Å². The van der Waals surface area contributed by atoms with Crippen LogP contribution in [-0.4, -0.2) is 26.5 Å². The van der Waals surface area contributed by atoms with Crippen LogP contribution in [0.25, 0.3) is 0 Å². The zero-order valence-corrected chi connectivity index (χ0v) is 13.5. The van der Waals surface area contributed by atoms with Gasteiger partial charge >= 0.3 is 0 Å². The maximum absolute atomic E-state index is 12.3. The lowest BCUT2D eigenvalue weighted by atomic mass is 10.3. The van der Waals surface area contributed by atoms with Gasteiger partial charge < -0.3 is 10.6 Å². The molecule has 6 nitrogen and oxygen atoms in total.